The van der Waals surface area contributed by atoms with E-state index in [1.165, 1.54) is 22.7 Å². The number of benzene rings is 1. The molecule has 0 saturated heterocycles. The summed E-state index contributed by atoms with van der Waals surface area (Å²) in [5.74, 6) is 0.250. The molecule has 0 N–H and O–H groups in total. The molecular weight excluding hydrogens is 448 g/mol. The molecule has 7 nitrogen and oxygen atoms in total. The van der Waals surface area contributed by atoms with Crippen LogP contribution in [0.5, 0.6) is 5.75 Å². The largest absolute Gasteiger partial charge is 0.497 e. The summed E-state index contributed by atoms with van der Waals surface area (Å²) >= 11 is 2.79. The topological polar surface area (TPSA) is 79.1 Å². The number of esters is 1. The van der Waals surface area contributed by atoms with Crippen LogP contribution in [-0.4, -0.2) is 38.0 Å². The van der Waals surface area contributed by atoms with Gasteiger partial charge in [0.2, 0.25) is 0 Å². The first-order chi connectivity index (χ1) is 15.5. The molecule has 0 unspecified atom stereocenters. The average Bonchev–Trinajstić information content (AvgIpc) is 3.42. The third kappa shape index (κ3) is 4.32. The number of carbonyl (C=O) groups excluding carboxylic acids is 1. The maximum absolute atomic E-state index is 13.4. The van der Waals surface area contributed by atoms with Crippen molar-refractivity contribution < 1.29 is 19.0 Å². The number of thiazole rings is 1. The fourth-order valence-electron chi connectivity index (χ4n) is 3.45. The predicted molar refractivity (Wildman–Crippen MR) is 124 cm³/mol. The summed E-state index contributed by atoms with van der Waals surface area (Å²) in [5, 5.41) is 1.92. The third-order valence-corrected chi connectivity index (χ3v) is 6.90. The van der Waals surface area contributed by atoms with Gasteiger partial charge in [0.1, 0.15) is 18.4 Å². The van der Waals surface area contributed by atoms with Gasteiger partial charge < -0.3 is 14.2 Å². The van der Waals surface area contributed by atoms with Crippen LogP contribution in [0.3, 0.4) is 0 Å². The van der Waals surface area contributed by atoms with Gasteiger partial charge in [0.25, 0.3) is 5.56 Å². The fraction of sp³-hybridized carbons (Fsp3) is 0.261. The summed E-state index contributed by atoms with van der Waals surface area (Å²) in [6.45, 7) is 2.20. The third-order valence-electron chi connectivity index (χ3n) is 4.99. The van der Waals surface area contributed by atoms with Gasteiger partial charge in [-0.15, -0.1) is 11.3 Å². The van der Waals surface area contributed by atoms with Gasteiger partial charge in [0.05, 0.1) is 29.5 Å². The minimum absolute atomic E-state index is 0.130. The maximum Gasteiger partial charge on any atom is 0.338 e. The Kier molecular flexibility index (Phi) is 6.69. The predicted octanol–water partition coefficient (Wildman–Crippen LogP) is 2.49. The minimum atomic E-state index is -0.584. The molecule has 1 aliphatic rings. The van der Waals surface area contributed by atoms with Crippen LogP contribution in [0.1, 0.15) is 23.4 Å². The second-order valence-corrected chi connectivity index (χ2v) is 8.99. The van der Waals surface area contributed by atoms with Gasteiger partial charge in [-0.25, -0.2) is 9.79 Å². The van der Waals surface area contributed by atoms with Crippen LogP contribution < -0.4 is 19.6 Å². The highest BCUT2D eigenvalue weighted by atomic mass is 32.1. The Morgan fingerprint density at radius 3 is 2.62 bits per heavy atom. The Morgan fingerprint density at radius 2 is 1.97 bits per heavy atom. The van der Waals surface area contributed by atoms with Crippen molar-refractivity contribution in [2.75, 3.05) is 27.4 Å². The zero-order valence-corrected chi connectivity index (χ0v) is 19.5. The highest BCUT2D eigenvalue weighted by Gasteiger charge is 2.33. The second-order valence-electron chi connectivity index (χ2n) is 7.00. The summed E-state index contributed by atoms with van der Waals surface area (Å²) in [6.07, 6.45) is 1.82. The number of nitrogens with zero attached hydrogens (tertiary/aromatic N) is 2. The van der Waals surface area contributed by atoms with Crippen molar-refractivity contribution in [2.24, 2.45) is 4.99 Å². The van der Waals surface area contributed by atoms with E-state index < -0.39 is 12.0 Å². The molecule has 3 heterocycles. The normalized spacial score (nSPS) is 16.0. The summed E-state index contributed by atoms with van der Waals surface area (Å²) < 4.78 is 17.7. The molecule has 0 bridgehead atoms. The quantitative estimate of drug-likeness (QED) is 0.392. The standard InChI is InChI=1S/C23H22N2O5S2/c1-14-19(22(27)30-11-10-28-2)20(17-5-4-12-31-17)25-21(26)18(32-23(25)24-14)13-15-6-8-16(29-3)9-7-15/h4-9,12-13,20H,10-11H2,1-3H3/b18-13+/t20-/m0/s1. The monoisotopic (exact) mass is 470 g/mol. The smallest absolute Gasteiger partial charge is 0.338 e. The van der Waals surface area contributed by atoms with Crippen molar-refractivity contribution in [2.45, 2.75) is 13.0 Å². The second kappa shape index (κ2) is 9.64. The minimum Gasteiger partial charge on any atom is -0.497 e. The summed E-state index contributed by atoms with van der Waals surface area (Å²) in [7, 11) is 3.15. The number of ether oxygens (including phenoxy) is 3. The van der Waals surface area contributed by atoms with Gasteiger partial charge in [-0.2, -0.15) is 0 Å². The summed E-state index contributed by atoms with van der Waals surface area (Å²) in [4.78, 5) is 32.4. The number of allylic oxidation sites excluding steroid dienone is 1. The molecular formula is C23H22N2O5S2. The van der Waals surface area contributed by atoms with Crippen LogP contribution in [0.15, 0.2) is 62.8 Å². The van der Waals surface area contributed by atoms with E-state index in [4.69, 9.17) is 14.2 Å². The van der Waals surface area contributed by atoms with Crippen LogP contribution >= 0.6 is 22.7 Å². The lowest BCUT2D eigenvalue weighted by Crippen LogP contribution is -2.39. The van der Waals surface area contributed by atoms with Crippen LogP contribution in [0.4, 0.5) is 0 Å². The van der Waals surface area contributed by atoms with E-state index in [0.29, 0.717) is 27.2 Å². The van der Waals surface area contributed by atoms with Crippen molar-refractivity contribution in [1.29, 1.82) is 0 Å². The van der Waals surface area contributed by atoms with Gasteiger partial charge in [-0.05, 0) is 42.1 Å². The van der Waals surface area contributed by atoms with E-state index in [2.05, 4.69) is 4.99 Å². The molecule has 1 aromatic carbocycles. The Bertz CT molecular complexity index is 1320. The van der Waals surface area contributed by atoms with E-state index in [1.807, 2.05) is 47.9 Å². The number of rotatable bonds is 7. The summed E-state index contributed by atoms with van der Waals surface area (Å²) in [5.41, 5.74) is 1.59. The Labute approximate surface area is 192 Å². The van der Waals surface area contributed by atoms with E-state index in [0.717, 1.165) is 16.2 Å². The van der Waals surface area contributed by atoms with Crippen molar-refractivity contribution in [3.05, 3.63) is 83.2 Å². The number of fused-ring (bicyclic) bond motifs is 1. The molecule has 2 aromatic heterocycles. The number of carbonyl (C=O) groups is 1. The first kappa shape index (κ1) is 22.2. The van der Waals surface area contributed by atoms with Crippen LogP contribution in [0.25, 0.3) is 6.08 Å². The maximum atomic E-state index is 13.4. The molecule has 32 heavy (non-hydrogen) atoms. The Balaban J connectivity index is 1.82. The molecule has 0 aliphatic carbocycles. The van der Waals surface area contributed by atoms with Gasteiger partial charge >= 0.3 is 5.97 Å². The van der Waals surface area contributed by atoms with E-state index in [9.17, 15) is 9.59 Å². The number of hydrogen-bond donors (Lipinski definition) is 0. The van der Waals surface area contributed by atoms with Gasteiger partial charge in [0.15, 0.2) is 4.80 Å². The zero-order valence-electron chi connectivity index (χ0n) is 17.9. The molecule has 4 rings (SSSR count). The zero-order chi connectivity index (χ0) is 22.7. The molecule has 0 radical (unpaired) electrons. The first-order valence-corrected chi connectivity index (χ1v) is 11.6. The summed E-state index contributed by atoms with van der Waals surface area (Å²) in [6, 6.07) is 10.7. The lowest BCUT2D eigenvalue weighted by Gasteiger charge is -2.23. The lowest BCUT2D eigenvalue weighted by atomic mass is 10.0. The molecule has 1 aliphatic heterocycles. The molecule has 9 heteroatoms. The van der Waals surface area contributed by atoms with Crippen LogP contribution in [-0.2, 0) is 14.3 Å². The fourth-order valence-corrected chi connectivity index (χ4v) is 5.32. The van der Waals surface area contributed by atoms with Crippen molar-refractivity contribution in [3.8, 4) is 5.75 Å². The molecule has 1 atom stereocenters. The first-order valence-electron chi connectivity index (χ1n) is 9.89. The van der Waals surface area contributed by atoms with Gasteiger partial charge in [-0.1, -0.05) is 29.5 Å². The van der Waals surface area contributed by atoms with Crippen LogP contribution in [0, 0.1) is 0 Å². The number of hydrogen-bond acceptors (Lipinski definition) is 8. The SMILES string of the molecule is COCCOC(=O)C1=C(C)N=c2s/c(=C/c3ccc(OC)cc3)c(=O)n2[C@H]1c1cccs1. The molecule has 0 spiro atoms. The molecule has 166 valence electrons. The van der Waals surface area contributed by atoms with Crippen molar-refractivity contribution in [3.63, 3.8) is 0 Å². The number of methoxy groups -OCH3 is 2. The molecule has 3 aromatic rings. The molecule has 0 saturated carbocycles. The average molecular weight is 471 g/mol. The lowest BCUT2D eigenvalue weighted by molar-refractivity contribution is -0.140. The van der Waals surface area contributed by atoms with E-state index in [1.54, 1.807) is 25.7 Å². The Morgan fingerprint density at radius 1 is 1.19 bits per heavy atom. The highest BCUT2D eigenvalue weighted by molar-refractivity contribution is 7.10. The van der Waals surface area contributed by atoms with Crippen molar-refractivity contribution in [1.82, 2.24) is 4.57 Å². The van der Waals surface area contributed by atoms with Crippen LogP contribution in [0.2, 0.25) is 0 Å². The molecule has 0 fully saturated rings. The molecule has 0 amide bonds. The highest BCUT2D eigenvalue weighted by Crippen LogP contribution is 2.33. The number of thiophene rings is 1. The Hall–Kier alpha value is -3.01. The van der Waals surface area contributed by atoms with Crippen molar-refractivity contribution >= 4 is 34.7 Å². The van der Waals surface area contributed by atoms with Gasteiger partial charge in [-0.3, -0.25) is 9.36 Å². The van der Waals surface area contributed by atoms with Gasteiger partial charge in [0, 0.05) is 12.0 Å². The number of aromatic nitrogens is 1. The van der Waals surface area contributed by atoms with E-state index in [-0.39, 0.29) is 12.2 Å². The van der Waals surface area contributed by atoms with E-state index >= 15 is 0 Å².